The van der Waals surface area contributed by atoms with Crippen molar-refractivity contribution < 1.29 is 18.0 Å². The maximum Gasteiger partial charge on any atom is 0.449 e. The van der Waals surface area contributed by atoms with Crippen molar-refractivity contribution in [2.45, 2.75) is 26.6 Å². The standard InChI is InChI=1S/C20H21F3N4O/c1-3-26(4-2)15-11-9-14(10-12-15)24-18(28)13-27-17-8-6-5-7-16(17)25-19(27)20(21,22)23/h5-12H,3-4,13H2,1-2H3,(H,24,28). The highest BCUT2D eigenvalue weighted by Crippen LogP contribution is 2.31. The summed E-state index contributed by atoms with van der Waals surface area (Å²) in [4.78, 5) is 18.2. The Hall–Kier alpha value is -3.03. The van der Waals surface area contributed by atoms with E-state index in [4.69, 9.17) is 0 Å². The second-order valence-electron chi connectivity index (χ2n) is 6.28. The van der Waals surface area contributed by atoms with E-state index in [0.717, 1.165) is 23.3 Å². The summed E-state index contributed by atoms with van der Waals surface area (Å²) in [5, 5.41) is 2.65. The van der Waals surface area contributed by atoms with Gasteiger partial charge in [-0.1, -0.05) is 12.1 Å². The van der Waals surface area contributed by atoms with Crippen molar-refractivity contribution in [1.82, 2.24) is 9.55 Å². The van der Waals surface area contributed by atoms with Gasteiger partial charge in [0.15, 0.2) is 0 Å². The monoisotopic (exact) mass is 390 g/mol. The van der Waals surface area contributed by atoms with Crippen molar-refractivity contribution in [2.75, 3.05) is 23.3 Å². The van der Waals surface area contributed by atoms with Gasteiger partial charge in [0.25, 0.3) is 0 Å². The minimum Gasteiger partial charge on any atom is -0.372 e. The van der Waals surface area contributed by atoms with Crippen molar-refractivity contribution in [3.63, 3.8) is 0 Å². The van der Waals surface area contributed by atoms with E-state index < -0.39 is 24.5 Å². The van der Waals surface area contributed by atoms with Crippen LogP contribution >= 0.6 is 0 Å². The van der Waals surface area contributed by atoms with Gasteiger partial charge in [0.05, 0.1) is 11.0 Å². The highest BCUT2D eigenvalue weighted by Gasteiger charge is 2.38. The molecule has 1 N–H and O–H groups in total. The maximum atomic E-state index is 13.3. The summed E-state index contributed by atoms with van der Waals surface area (Å²) in [6.07, 6.45) is -4.65. The summed E-state index contributed by atoms with van der Waals surface area (Å²) in [6, 6.07) is 13.5. The second-order valence-corrected chi connectivity index (χ2v) is 6.28. The number of para-hydroxylation sites is 2. The first-order chi connectivity index (χ1) is 13.3. The quantitative estimate of drug-likeness (QED) is 0.672. The number of aromatic nitrogens is 2. The third-order valence-electron chi connectivity index (χ3n) is 4.49. The van der Waals surface area contributed by atoms with Crippen LogP contribution in [0.25, 0.3) is 11.0 Å². The van der Waals surface area contributed by atoms with E-state index in [1.165, 1.54) is 12.1 Å². The van der Waals surface area contributed by atoms with E-state index in [9.17, 15) is 18.0 Å². The number of nitrogens with zero attached hydrogens (tertiary/aromatic N) is 3. The lowest BCUT2D eigenvalue weighted by atomic mass is 10.2. The van der Waals surface area contributed by atoms with Crippen molar-refractivity contribution in [3.05, 3.63) is 54.4 Å². The van der Waals surface area contributed by atoms with Crippen LogP contribution in [0, 0.1) is 0 Å². The highest BCUT2D eigenvalue weighted by molar-refractivity contribution is 5.92. The predicted molar refractivity (Wildman–Crippen MR) is 103 cm³/mol. The van der Waals surface area contributed by atoms with Gasteiger partial charge in [-0.3, -0.25) is 4.79 Å². The van der Waals surface area contributed by atoms with Gasteiger partial charge in [0.2, 0.25) is 11.7 Å². The topological polar surface area (TPSA) is 50.2 Å². The summed E-state index contributed by atoms with van der Waals surface area (Å²) >= 11 is 0. The molecule has 0 aliphatic carbocycles. The van der Waals surface area contributed by atoms with Crippen LogP contribution in [0.1, 0.15) is 19.7 Å². The predicted octanol–water partition coefficient (Wildman–Crippen LogP) is 4.54. The first-order valence-corrected chi connectivity index (χ1v) is 9.00. The van der Waals surface area contributed by atoms with E-state index in [0.29, 0.717) is 5.69 Å². The fraction of sp³-hybridized carbons (Fsp3) is 0.300. The number of alkyl halides is 3. The molecule has 0 aliphatic rings. The number of carbonyl (C=O) groups is 1. The first-order valence-electron chi connectivity index (χ1n) is 9.00. The molecule has 0 saturated heterocycles. The lowest BCUT2D eigenvalue weighted by Gasteiger charge is -2.21. The van der Waals surface area contributed by atoms with Gasteiger partial charge < -0.3 is 14.8 Å². The molecule has 0 unspecified atom stereocenters. The van der Waals surface area contributed by atoms with Crippen molar-refractivity contribution in [2.24, 2.45) is 0 Å². The zero-order valence-electron chi connectivity index (χ0n) is 15.6. The lowest BCUT2D eigenvalue weighted by Crippen LogP contribution is -2.23. The first kappa shape index (κ1) is 19.7. The van der Waals surface area contributed by atoms with Crippen LogP contribution in [0.4, 0.5) is 24.5 Å². The summed E-state index contributed by atoms with van der Waals surface area (Å²) < 4.78 is 40.9. The molecule has 1 heterocycles. The summed E-state index contributed by atoms with van der Waals surface area (Å²) in [5.74, 6) is -1.63. The molecule has 3 aromatic rings. The van der Waals surface area contributed by atoms with Crippen molar-refractivity contribution in [3.8, 4) is 0 Å². The average Bonchev–Trinajstić information content (AvgIpc) is 3.03. The van der Waals surface area contributed by atoms with Gasteiger partial charge in [-0.25, -0.2) is 4.98 Å². The molecule has 2 aromatic carbocycles. The smallest absolute Gasteiger partial charge is 0.372 e. The molecule has 3 rings (SSSR count). The van der Waals surface area contributed by atoms with E-state index in [-0.39, 0.29) is 11.0 Å². The number of rotatable bonds is 6. The molecule has 8 heteroatoms. The minimum absolute atomic E-state index is 0.200. The molecule has 148 valence electrons. The van der Waals surface area contributed by atoms with Gasteiger partial charge in [-0.15, -0.1) is 0 Å². The van der Waals surface area contributed by atoms with Gasteiger partial charge >= 0.3 is 6.18 Å². The van der Waals surface area contributed by atoms with Gasteiger partial charge in [0.1, 0.15) is 6.54 Å². The number of halogens is 3. The molecule has 0 bridgehead atoms. The van der Waals surface area contributed by atoms with Crippen LogP contribution in [0.2, 0.25) is 0 Å². The maximum absolute atomic E-state index is 13.3. The molecule has 1 amide bonds. The number of carbonyl (C=O) groups excluding carboxylic acids is 1. The molecule has 0 atom stereocenters. The average molecular weight is 390 g/mol. The minimum atomic E-state index is -4.65. The third-order valence-corrected chi connectivity index (χ3v) is 4.49. The number of fused-ring (bicyclic) bond motifs is 1. The SMILES string of the molecule is CCN(CC)c1ccc(NC(=O)Cn2c(C(F)(F)F)nc3ccccc32)cc1. The van der Waals surface area contributed by atoms with Gasteiger partial charge in [-0.05, 0) is 50.2 Å². The Balaban J connectivity index is 1.80. The Morgan fingerprint density at radius 2 is 1.71 bits per heavy atom. The molecule has 1 aromatic heterocycles. The molecule has 0 saturated carbocycles. The molecule has 0 aliphatic heterocycles. The van der Waals surface area contributed by atoms with Gasteiger partial charge in [-0.2, -0.15) is 13.2 Å². The van der Waals surface area contributed by atoms with Crippen molar-refractivity contribution >= 4 is 28.3 Å². The Kier molecular flexibility index (Phi) is 5.58. The molecular formula is C20H21F3N4O. The number of imidazole rings is 1. The van der Waals surface area contributed by atoms with E-state index in [2.05, 4.69) is 15.2 Å². The molecule has 0 radical (unpaired) electrons. The van der Waals surface area contributed by atoms with Crippen LogP contribution < -0.4 is 10.2 Å². The molecule has 28 heavy (non-hydrogen) atoms. The van der Waals surface area contributed by atoms with E-state index in [1.54, 1.807) is 24.3 Å². The fourth-order valence-electron chi connectivity index (χ4n) is 3.14. The molecular weight excluding hydrogens is 369 g/mol. The molecule has 5 nitrogen and oxygen atoms in total. The Bertz CT molecular complexity index is 960. The highest BCUT2D eigenvalue weighted by atomic mass is 19.4. The number of hydrogen-bond donors (Lipinski definition) is 1. The third kappa shape index (κ3) is 4.11. The number of nitrogens with one attached hydrogen (secondary N) is 1. The summed E-state index contributed by atoms with van der Waals surface area (Å²) in [7, 11) is 0. The van der Waals surface area contributed by atoms with Crippen LogP contribution in [0.5, 0.6) is 0 Å². The van der Waals surface area contributed by atoms with Crippen LogP contribution in [-0.2, 0) is 17.5 Å². The zero-order chi connectivity index (χ0) is 20.3. The van der Waals surface area contributed by atoms with Crippen molar-refractivity contribution in [1.29, 1.82) is 0 Å². The van der Waals surface area contributed by atoms with E-state index in [1.807, 2.05) is 26.0 Å². The Morgan fingerprint density at radius 1 is 1.07 bits per heavy atom. The summed E-state index contributed by atoms with van der Waals surface area (Å²) in [6.45, 7) is 5.33. The Labute approximate surface area is 160 Å². The number of amides is 1. The van der Waals surface area contributed by atoms with Crippen LogP contribution in [0.15, 0.2) is 48.5 Å². The zero-order valence-corrected chi connectivity index (χ0v) is 15.6. The van der Waals surface area contributed by atoms with Gasteiger partial charge in [0, 0.05) is 24.5 Å². The number of benzene rings is 2. The number of hydrogen-bond acceptors (Lipinski definition) is 3. The molecule has 0 fully saturated rings. The molecule has 0 spiro atoms. The van der Waals surface area contributed by atoms with Crippen LogP contribution in [-0.4, -0.2) is 28.5 Å². The fourth-order valence-corrected chi connectivity index (χ4v) is 3.14. The lowest BCUT2D eigenvalue weighted by molar-refractivity contribution is -0.147. The van der Waals surface area contributed by atoms with Crippen LogP contribution in [0.3, 0.4) is 0 Å². The second kappa shape index (κ2) is 7.92. The number of anilines is 2. The normalized spacial score (nSPS) is 11.6. The largest absolute Gasteiger partial charge is 0.449 e. The Morgan fingerprint density at radius 3 is 2.32 bits per heavy atom. The van der Waals surface area contributed by atoms with E-state index >= 15 is 0 Å². The summed E-state index contributed by atoms with van der Waals surface area (Å²) in [5.41, 5.74) is 2.01.